The molecule has 4 heteroatoms. The van der Waals surface area contributed by atoms with Crippen LogP contribution in [0.2, 0.25) is 0 Å². The van der Waals surface area contributed by atoms with Crippen LogP contribution >= 0.6 is 0 Å². The largest absolute Gasteiger partial charge is 0.481 e. The van der Waals surface area contributed by atoms with Crippen molar-refractivity contribution in [2.45, 2.75) is 32.4 Å². The minimum atomic E-state index is -0.468. The van der Waals surface area contributed by atoms with E-state index in [0.717, 1.165) is 25.3 Å². The average Bonchev–Trinajstić information content (AvgIpc) is 2.42. The third-order valence-corrected chi connectivity index (χ3v) is 3.54. The van der Waals surface area contributed by atoms with Crippen molar-refractivity contribution in [1.82, 2.24) is 10.6 Å². The van der Waals surface area contributed by atoms with E-state index in [4.69, 9.17) is 4.74 Å². The number of carbonyl (C=O) groups excluding carboxylic acids is 1. The number of nitrogens with one attached hydrogen (secondary N) is 2. The molecule has 0 spiro atoms. The molecule has 0 aliphatic carbocycles. The van der Waals surface area contributed by atoms with Gasteiger partial charge in [0, 0.05) is 6.04 Å². The summed E-state index contributed by atoms with van der Waals surface area (Å²) in [7, 11) is 0. The number of benzene rings is 1. The van der Waals surface area contributed by atoms with Gasteiger partial charge in [0.15, 0.2) is 6.10 Å². The maximum absolute atomic E-state index is 12.1. The van der Waals surface area contributed by atoms with Gasteiger partial charge in [-0.2, -0.15) is 0 Å². The zero-order valence-electron chi connectivity index (χ0n) is 11.6. The number of rotatable bonds is 4. The van der Waals surface area contributed by atoms with E-state index in [1.807, 2.05) is 30.3 Å². The predicted octanol–water partition coefficient (Wildman–Crippen LogP) is 1.57. The molecule has 2 rings (SSSR count). The highest BCUT2D eigenvalue weighted by atomic mass is 16.5. The molecule has 1 heterocycles. The Morgan fingerprint density at radius 3 is 2.84 bits per heavy atom. The lowest BCUT2D eigenvalue weighted by molar-refractivity contribution is -0.128. The van der Waals surface area contributed by atoms with Gasteiger partial charge in [0.1, 0.15) is 5.75 Å². The average molecular weight is 262 g/mol. The Balaban J connectivity index is 1.85. The summed E-state index contributed by atoms with van der Waals surface area (Å²) in [6.07, 6.45) is 0.509. The molecule has 19 heavy (non-hydrogen) atoms. The first-order chi connectivity index (χ1) is 9.16. The first-order valence-electron chi connectivity index (χ1n) is 6.89. The lowest BCUT2D eigenvalue weighted by Gasteiger charge is -2.31. The molecule has 1 fully saturated rings. The second-order valence-electron chi connectivity index (χ2n) is 5.16. The topological polar surface area (TPSA) is 50.4 Å². The van der Waals surface area contributed by atoms with Gasteiger partial charge in [-0.1, -0.05) is 25.1 Å². The van der Waals surface area contributed by atoms with E-state index in [0.29, 0.717) is 5.92 Å². The third-order valence-electron chi connectivity index (χ3n) is 3.54. The highest BCUT2D eigenvalue weighted by Gasteiger charge is 2.25. The fourth-order valence-electron chi connectivity index (χ4n) is 2.29. The summed E-state index contributed by atoms with van der Waals surface area (Å²) in [5.41, 5.74) is 0. The summed E-state index contributed by atoms with van der Waals surface area (Å²) in [6, 6.07) is 9.68. The van der Waals surface area contributed by atoms with Crippen LogP contribution in [-0.2, 0) is 4.79 Å². The summed E-state index contributed by atoms with van der Waals surface area (Å²) >= 11 is 0. The Bertz CT molecular complexity index is 408. The SMILES string of the molecule is CC(Oc1ccccc1)C(=O)NC1CCNCC1C. The maximum atomic E-state index is 12.1. The Kier molecular flexibility index (Phi) is 4.80. The van der Waals surface area contributed by atoms with Crippen molar-refractivity contribution in [3.05, 3.63) is 30.3 Å². The van der Waals surface area contributed by atoms with E-state index in [1.165, 1.54) is 0 Å². The third kappa shape index (κ3) is 3.96. The predicted molar refractivity (Wildman–Crippen MR) is 75.1 cm³/mol. The first kappa shape index (κ1) is 13.9. The number of para-hydroxylation sites is 1. The molecule has 3 unspecified atom stereocenters. The number of piperidine rings is 1. The van der Waals surface area contributed by atoms with Crippen LogP contribution in [0.4, 0.5) is 0 Å². The van der Waals surface area contributed by atoms with Gasteiger partial charge in [0.2, 0.25) is 0 Å². The van der Waals surface area contributed by atoms with Crippen molar-refractivity contribution >= 4 is 5.91 Å². The molecule has 1 aliphatic heterocycles. The molecule has 1 aromatic rings. The van der Waals surface area contributed by atoms with E-state index in [1.54, 1.807) is 6.92 Å². The standard InChI is InChI=1S/C15H22N2O2/c1-11-10-16-9-8-14(11)17-15(18)12(2)19-13-6-4-3-5-7-13/h3-7,11-12,14,16H,8-10H2,1-2H3,(H,17,18). The lowest BCUT2D eigenvalue weighted by Crippen LogP contribution is -2.51. The zero-order valence-corrected chi connectivity index (χ0v) is 11.6. The smallest absolute Gasteiger partial charge is 0.261 e. The fraction of sp³-hybridized carbons (Fsp3) is 0.533. The number of carbonyl (C=O) groups is 1. The Morgan fingerprint density at radius 2 is 2.16 bits per heavy atom. The highest BCUT2D eigenvalue weighted by molar-refractivity contribution is 5.81. The number of amides is 1. The minimum absolute atomic E-state index is 0.0393. The molecule has 0 aromatic heterocycles. The Labute approximate surface area is 114 Å². The van der Waals surface area contributed by atoms with Gasteiger partial charge in [0.05, 0.1) is 0 Å². The normalized spacial score (nSPS) is 24.5. The molecule has 0 saturated carbocycles. The van der Waals surface area contributed by atoms with Gasteiger partial charge >= 0.3 is 0 Å². The summed E-state index contributed by atoms with van der Waals surface area (Å²) in [6.45, 7) is 5.86. The highest BCUT2D eigenvalue weighted by Crippen LogP contribution is 2.13. The Hall–Kier alpha value is -1.55. The molecule has 1 aliphatic rings. The maximum Gasteiger partial charge on any atom is 0.261 e. The van der Waals surface area contributed by atoms with Gasteiger partial charge in [-0.3, -0.25) is 4.79 Å². The van der Waals surface area contributed by atoms with Gasteiger partial charge in [-0.05, 0) is 44.5 Å². The van der Waals surface area contributed by atoms with Crippen LogP contribution in [0.3, 0.4) is 0 Å². The van der Waals surface area contributed by atoms with Crippen molar-refractivity contribution < 1.29 is 9.53 Å². The molecule has 3 atom stereocenters. The second kappa shape index (κ2) is 6.57. The minimum Gasteiger partial charge on any atom is -0.481 e. The summed E-state index contributed by atoms with van der Waals surface area (Å²) in [4.78, 5) is 12.1. The van der Waals surface area contributed by atoms with Crippen molar-refractivity contribution in [2.24, 2.45) is 5.92 Å². The molecule has 2 N–H and O–H groups in total. The fourth-order valence-corrected chi connectivity index (χ4v) is 2.29. The molecule has 0 bridgehead atoms. The van der Waals surface area contributed by atoms with Gasteiger partial charge in [-0.25, -0.2) is 0 Å². The summed E-state index contributed by atoms with van der Waals surface area (Å²) in [5, 5.41) is 6.41. The van der Waals surface area contributed by atoms with Crippen molar-refractivity contribution in [3.8, 4) is 5.75 Å². The van der Waals surface area contributed by atoms with Gasteiger partial charge in [0.25, 0.3) is 5.91 Å². The molecule has 4 nitrogen and oxygen atoms in total. The molecular weight excluding hydrogens is 240 g/mol. The molecule has 1 amide bonds. The zero-order chi connectivity index (χ0) is 13.7. The molecule has 1 saturated heterocycles. The Morgan fingerprint density at radius 1 is 1.42 bits per heavy atom. The van der Waals surface area contributed by atoms with Crippen molar-refractivity contribution in [1.29, 1.82) is 0 Å². The summed E-state index contributed by atoms with van der Waals surface area (Å²) < 4.78 is 5.63. The van der Waals surface area contributed by atoms with Crippen LogP contribution in [-0.4, -0.2) is 31.1 Å². The molecule has 0 radical (unpaired) electrons. The van der Waals surface area contributed by atoms with Crippen LogP contribution in [0.1, 0.15) is 20.3 Å². The van der Waals surface area contributed by atoms with E-state index in [9.17, 15) is 4.79 Å². The van der Waals surface area contributed by atoms with Crippen LogP contribution < -0.4 is 15.4 Å². The second-order valence-corrected chi connectivity index (χ2v) is 5.16. The number of hydrogen-bond acceptors (Lipinski definition) is 3. The van der Waals surface area contributed by atoms with E-state index in [2.05, 4.69) is 17.6 Å². The van der Waals surface area contributed by atoms with Crippen LogP contribution in [0, 0.1) is 5.92 Å². The number of ether oxygens (including phenoxy) is 1. The van der Waals surface area contributed by atoms with Gasteiger partial charge in [-0.15, -0.1) is 0 Å². The monoisotopic (exact) mass is 262 g/mol. The number of hydrogen-bond donors (Lipinski definition) is 2. The van der Waals surface area contributed by atoms with Crippen molar-refractivity contribution in [2.75, 3.05) is 13.1 Å². The van der Waals surface area contributed by atoms with E-state index >= 15 is 0 Å². The summed E-state index contributed by atoms with van der Waals surface area (Å²) in [5.74, 6) is 1.15. The molecule has 104 valence electrons. The quantitative estimate of drug-likeness (QED) is 0.866. The van der Waals surface area contributed by atoms with Crippen molar-refractivity contribution in [3.63, 3.8) is 0 Å². The van der Waals surface area contributed by atoms with E-state index in [-0.39, 0.29) is 11.9 Å². The molecule has 1 aromatic carbocycles. The lowest BCUT2D eigenvalue weighted by atomic mass is 9.95. The molecular formula is C15H22N2O2. The first-order valence-corrected chi connectivity index (χ1v) is 6.89. The van der Waals surface area contributed by atoms with Crippen LogP contribution in [0.5, 0.6) is 5.75 Å². The van der Waals surface area contributed by atoms with E-state index < -0.39 is 6.10 Å². The van der Waals surface area contributed by atoms with Crippen LogP contribution in [0.25, 0.3) is 0 Å². The van der Waals surface area contributed by atoms with Crippen LogP contribution in [0.15, 0.2) is 30.3 Å². The van der Waals surface area contributed by atoms with Gasteiger partial charge < -0.3 is 15.4 Å².